The number of anilines is 1. The standard InChI is InChI=1S/C13H10Cl2N4/c14-12-8-13(15)18-19(17-12)16-11-6-5-9-3-1-2-4-10(9)7-11/h1-8,16-17H. The van der Waals surface area contributed by atoms with E-state index >= 15 is 0 Å². The Hall–Kier alpha value is -1.91. The quantitative estimate of drug-likeness (QED) is 0.831. The van der Waals surface area contributed by atoms with Crippen LogP contribution in [0.3, 0.4) is 0 Å². The van der Waals surface area contributed by atoms with Crippen LogP contribution in [0.4, 0.5) is 5.69 Å². The Morgan fingerprint density at radius 3 is 2.63 bits per heavy atom. The molecule has 2 N–H and O–H groups in total. The number of benzene rings is 2. The summed E-state index contributed by atoms with van der Waals surface area (Å²) < 4.78 is 0. The molecule has 0 aromatic heterocycles. The van der Waals surface area contributed by atoms with Crippen LogP contribution in [0.1, 0.15) is 0 Å². The number of nitrogens with zero attached hydrogens (tertiary/aromatic N) is 2. The molecule has 0 fully saturated rings. The highest BCUT2D eigenvalue weighted by Gasteiger charge is 2.09. The number of nitrogens with one attached hydrogen (secondary N) is 2. The van der Waals surface area contributed by atoms with E-state index in [2.05, 4.69) is 22.0 Å². The zero-order chi connectivity index (χ0) is 13.2. The molecule has 6 heteroatoms. The lowest BCUT2D eigenvalue weighted by molar-refractivity contribution is 0.280. The number of halogens is 2. The number of hydrogen-bond acceptors (Lipinski definition) is 4. The Labute approximate surface area is 120 Å². The summed E-state index contributed by atoms with van der Waals surface area (Å²) in [6.07, 6.45) is 1.53. The summed E-state index contributed by atoms with van der Waals surface area (Å²) in [5, 5.41) is 8.43. The average Bonchev–Trinajstić information content (AvgIpc) is 2.37. The second kappa shape index (κ2) is 4.99. The molecule has 2 aromatic carbocycles. The lowest BCUT2D eigenvalue weighted by atomic mass is 10.1. The third kappa shape index (κ3) is 2.75. The zero-order valence-electron chi connectivity index (χ0n) is 9.77. The van der Waals surface area contributed by atoms with Gasteiger partial charge in [-0.05, 0) is 22.9 Å². The van der Waals surface area contributed by atoms with Gasteiger partial charge < -0.3 is 0 Å². The number of hydrazone groups is 1. The van der Waals surface area contributed by atoms with Crippen LogP contribution in [0.5, 0.6) is 0 Å². The van der Waals surface area contributed by atoms with Crippen molar-refractivity contribution in [1.29, 1.82) is 0 Å². The first-order chi connectivity index (χ1) is 9.20. The van der Waals surface area contributed by atoms with E-state index in [4.69, 9.17) is 23.2 Å². The molecule has 0 saturated heterocycles. The molecule has 0 unspecified atom stereocenters. The van der Waals surface area contributed by atoms with Gasteiger partial charge >= 0.3 is 0 Å². The van der Waals surface area contributed by atoms with E-state index in [9.17, 15) is 0 Å². The van der Waals surface area contributed by atoms with E-state index < -0.39 is 0 Å². The number of fused-ring (bicyclic) bond motifs is 1. The molecular formula is C13H10Cl2N4. The van der Waals surface area contributed by atoms with Crippen molar-refractivity contribution >= 4 is 44.8 Å². The molecule has 3 rings (SSSR count). The summed E-state index contributed by atoms with van der Waals surface area (Å²) in [6.45, 7) is 0. The molecular weight excluding hydrogens is 283 g/mol. The van der Waals surface area contributed by atoms with E-state index in [0.29, 0.717) is 10.3 Å². The summed E-state index contributed by atoms with van der Waals surface area (Å²) in [5.41, 5.74) is 6.76. The first-order valence-corrected chi connectivity index (χ1v) is 6.40. The van der Waals surface area contributed by atoms with Crippen molar-refractivity contribution in [3.8, 4) is 0 Å². The first-order valence-electron chi connectivity index (χ1n) is 5.64. The molecule has 1 aliphatic heterocycles. The lowest BCUT2D eigenvalue weighted by Crippen LogP contribution is -2.39. The molecule has 19 heavy (non-hydrogen) atoms. The summed E-state index contributed by atoms with van der Waals surface area (Å²) in [4.78, 5) is 0. The largest absolute Gasteiger partial charge is 0.263 e. The van der Waals surface area contributed by atoms with Gasteiger partial charge in [0.15, 0.2) is 5.17 Å². The Morgan fingerprint density at radius 2 is 1.84 bits per heavy atom. The number of hydrogen-bond donors (Lipinski definition) is 2. The number of allylic oxidation sites excluding steroid dienone is 1. The van der Waals surface area contributed by atoms with Crippen molar-refractivity contribution in [3.05, 3.63) is 53.7 Å². The Morgan fingerprint density at radius 1 is 1.05 bits per heavy atom. The summed E-state index contributed by atoms with van der Waals surface area (Å²) in [6, 6.07) is 14.1. The fraction of sp³-hybridized carbons (Fsp3) is 0. The molecule has 0 saturated carbocycles. The van der Waals surface area contributed by atoms with Gasteiger partial charge in [0.2, 0.25) is 0 Å². The molecule has 0 radical (unpaired) electrons. The third-order valence-electron chi connectivity index (χ3n) is 2.64. The second-order valence-electron chi connectivity index (χ2n) is 4.01. The van der Waals surface area contributed by atoms with Gasteiger partial charge in [-0.1, -0.05) is 53.5 Å². The van der Waals surface area contributed by atoms with E-state index in [0.717, 1.165) is 11.1 Å². The SMILES string of the molecule is ClC1=CC(Cl)=NN(Nc2ccc3ccccc3c2)N1. The van der Waals surface area contributed by atoms with Gasteiger partial charge in [-0.2, -0.15) is 0 Å². The van der Waals surface area contributed by atoms with Crippen LogP contribution in [0.2, 0.25) is 0 Å². The average molecular weight is 293 g/mol. The third-order valence-corrected chi connectivity index (χ3v) is 3.02. The minimum Gasteiger partial charge on any atom is -0.263 e. The normalized spacial score (nSPS) is 14.7. The molecule has 1 aliphatic rings. The van der Waals surface area contributed by atoms with Gasteiger partial charge in [0.1, 0.15) is 5.16 Å². The zero-order valence-corrected chi connectivity index (χ0v) is 11.3. The van der Waals surface area contributed by atoms with E-state index in [1.807, 2.05) is 36.4 Å². The van der Waals surface area contributed by atoms with E-state index in [-0.39, 0.29) is 0 Å². The van der Waals surface area contributed by atoms with Crippen molar-refractivity contribution in [2.45, 2.75) is 0 Å². The van der Waals surface area contributed by atoms with Crippen LogP contribution in [0.15, 0.2) is 58.8 Å². The van der Waals surface area contributed by atoms with Crippen LogP contribution in [0.25, 0.3) is 10.8 Å². The fourth-order valence-corrected chi connectivity index (χ4v) is 2.25. The van der Waals surface area contributed by atoms with Gasteiger partial charge in [0.05, 0.1) is 5.69 Å². The van der Waals surface area contributed by atoms with Gasteiger partial charge in [-0.25, -0.2) is 0 Å². The maximum atomic E-state index is 5.87. The highest BCUT2D eigenvalue weighted by molar-refractivity contribution is 6.69. The van der Waals surface area contributed by atoms with E-state index in [1.54, 1.807) is 0 Å². The molecule has 96 valence electrons. The van der Waals surface area contributed by atoms with Crippen molar-refractivity contribution in [2.75, 3.05) is 5.43 Å². The predicted octanol–water partition coefficient (Wildman–Crippen LogP) is 3.62. The Balaban J connectivity index is 1.84. The lowest BCUT2D eigenvalue weighted by Gasteiger charge is -2.24. The molecule has 0 atom stereocenters. The van der Waals surface area contributed by atoms with Gasteiger partial charge in [0.25, 0.3) is 0 Å². The van der Waals surface area contributed by atoms with Crippen LogP contribution in [-0.2, 0) is 0 Å². The number of hydrazine groups is 2. The summed E-state index contributed by atoms with van der Waals surface area (Å²) in [5.74, 6) is 0. The van der Waals surface area contributed by atoms with E-state index in [1.165, 1.54) is 16.7 Å². The van der Waals surface area contributed by atoms with Crippen molar-refractivity contribution in [3.63, 3.8) is 0 Å². The summed E-state index contributed by atoms with van der Waals surface area (Å²) >= 11 is 11.7. The van der Waals surface area contributed by atoms with Crippen LogP contribution >= 0.6 is 23.2 Å². The Bertz CT molecular complexity index is 681. The van der Waals surface area contributed by atoms with Crippen molar-refractivity contribution in [1.82, 2.24) is 10.7 Å². The number of rotatable bonds is 2. The predicted molar refractivity (Wildman–Crippen MR) is 79.8 cm³/mol. The molecule has 0 bridgehead atoms. The highest BCUT2D eigenvalue weighted by Crippen LogP contribution is 2.19. The molecule has 0 aliphatic carbocycles. The van der Waals surface area contributed by atoms with Gasteiger partial charge in [-0.15, -0.1) is 10.3 Å². The minimum absolute atomic E-state index is 0.303. The van der Waals surface area contributed by atoms with Gasteiger partial charge in [-0.3, -0.25) is 10.9 Å². The minimum atomic E-state index is 0.303. The van der Waals surface area contributed by atoms with Crippen molar-refractivity contribution in [2.24, 2.45) is 5.10 Å². The second-order valence-corrected chi connectivity index (χ2v) is 4.81. The molecule has 4 nitrogen and oxygen atoms in total. The van der Waals surface area contributed by atoms with Crippen molar-refractivity contribution < 1.29 is 0 Å². The highest BCUT2D eigenvalue weighted by atomic mass is 35.5. The van der Waals surface area contributed by atoms with Crippen LogP contribution in [-0.4, -0.2) is 10.4 Å². The first kappa shape index (κ1) is 12.1. The van der Waals surface area contributed by atoms with Gasteiger partial charge in [0, 0.05) is 6.08 Å². The fourth-order valence-electron chi connectivity index (χ4n) is 1.82. The molecule has 2 aromatic rings. The molecule has 0 spiro atoms. The topological polar surface area (TPSA) is 39.7 Å². The van der Waals surface area contributed by atoms with Crippen LogP contribution in [0, 0.1) is 0 Å². The summed E-state index contributed by atoms with van der Waals surface area (Å²) in [7, 11) is 0. The molecule has 1 heterocycles. The monoisotopic (exact) mass is 292 g/mol. The Kier molecular flexibility index (Phi) is 3.19. The smallest absolute Gasteiger partial charge is 0.156 e. The molecule has 0 amide bonds. The maximum absolute atomic E-state index is 5.87. The maximum Gasteiger partial charge on any atom is 0.156 e. The van der Waals surface area contributed by atoms with Crippen LogP contribution < -0.4 is 10.9 Å².